The molecular formula is C20H20F3N7O. The molecular weight excluding hydrogens is 411 g/mol. The zero-order valence-corrected chi connectivity index (χ0v) is 16.5. The Bertz CT molecular complexity index is 1160. The molecule has 0 aromatic carbocycles. The Labute approximate surface area is 175 Å². The molecule has 1 amide bonds. The van der Waals surface area contributed by atoms with Gasteiger partial charge in [0, 0.05) is 54.6 Å². The summed E-state index contributed by atoms with van der Waals surface area (Å²) in [6, 6.07) is 0.201. The maximum Gasteiger partial charge on any atom is 0.333 e. The number of anilines is 1. The summed E-state index contributed by atoms with van der Waals surface area (Å²) in [4.78, 5) is 21.1. The SMILES string of the molecule is O=C(C1CC1)N1C2CCC1CN(c1ncnn3cc(-c4cnn(C(F)F)c4)c(F)c13)C2. The van der Waals surface area contributed by atoms with Crippen molar-refractivity contribution in [2.75, 3.05) is 18.0 Å². The molecule has 2 saturated heterocycles. The molecule has 3 aliphatic rings. The molecule has 3 aromatic rings. The van der Waals surface area contributed by atoms with Crippen molar-refractivity contribution in [3.05, 3.63) is 30.7 Å². The monoisotopic (exact) mass is 431 g/mol. The largest absolute Gasteiger partial charge is 0.351 e. The molecule has 0 spiro atoms. The summed E-state index contributed by atoms with van der Waals surface area (Å²) in [5.74, 6) is 0.316. The van der Waals surface area contributed by atoms with E-state index < -0.39 is 12.4 Å². The van der Waals surface area contributed by atoms with Gasteiger partial charge in [-0.3, -0.25) is 4.79 Å². The fourth-order valence-electron chi connectivity index (χ4n) is 4.95. The summed E-state index contributed by atoms with van der Waals surface area (Å²) in [6.45, 7) is -1.62. The van der Waals surface area contributed by atoms with Gasteiger partial charge in [0.1, 0.15) is 11.8 Å². The van der Waals surface area contributed by atoms with Gasteiger partial charge in [0.2, 0.25) is 5.91 Å². The zero-order chi connectivity index (χ0) is 21.3. The predicted molar refractivity (Wildman–Crippen MR) is 104 cm³/mol. The molecule has 2 aliphatic heterocycles. The molecule has 6 rings (SSSR count). The van der Waals surface area contributed by atoms with Crippen LogP contribution in [0.15, 0.2) is 24.9 Å². The van der Waals surface area contributed by atoms with E-state index in [4.69, 9.17) is 0 Å². The number of rotatable bonds is 4. The molecule has 2 bridgehead atoms. The number of nitrogens with zero attached hydrogens (tertiary/aromatic N) is 7. The molecule has 1 saturated carbocycles. The van der Waals surface area contributed by atoms with Crippen LogP contribution in [0.2, 0.25) is 0 Å². The maximum absolute atomic E-state index is 15.5. The molecule has 3 fully saturated rings. The highest BCUT2D eigenvalue weighted by molar-refractivity contribution is 5.83. The molecule has 8 nitrogen and oxygen atoms in total. The molecule has 2 atom stereocenters. The van der Waals surface area contributed by atoms with Gasteiger partial charge in [-0.15, -0.1) is 0 Å². The first-order valence-electron chi connectivity index (χ1n) is 10.4. The Kier molecular flexibility index (Phi) is 4.03. The Morgan fingerprint density at radius 3 is 2.45 bits per heavy atom. The normalized spacial score (nSPS) is 23.4. The van der Waals surface area contributed by atoms with E-state index in [0.717, 1.165) is 31.9 Å². The smallest absolute Gasteiger partial charge is 0.333 e. The van der Waals surface area contributed by atoms with Crippen molar-refractivity contribution in [3.8, 4) is 11.1 Å². The minimum atomic E-state index is -2.80. The Morgan fingerprint density at radius 2 is 1.81 bits per heavy atom. The van der Waals surface area contributed by atoms with Crippen LogP contribution in [0.1, 0.15) is 32.2 Å². The van der Waals surface area contributed by atoms with Crippen LogP contribution in [-0.2, 0) is 4.79 Å². The van der Waals surface area contributed by atoms with Crippen LogP contribution in [0.25, 0.3) is 16.6 Å². The third-order valence-electron chi connectivity index (χ3n) is 6.57. The minimum Gasteiger partial charge on any atom is -0.351 e. The van der Waals surface area contributed by atoms with Gasteiger partial charge in [-0.05, 0) is 25.7 Å². The summed E-state index contributed by atoms with van der Waals surface area (Å²) in [5, 5.41) is 7.71. The van der Waals surface area contributed by atoms with Crippen LogP contribution in [-0.4, -0.2) is 60.4 Å². The Balaban J connectivity index is 1.35. The summed E-state index contributed by atoms with van der Waals surface area (Å²) < 4.78 is 43.1. The summed E-state index contributed by atoms with van der Waals surface area (Å²) in [6.07, 6.45) is 8.96. The average molecular weight is 431 g/mol. The zero-order valence-electron chi connectivity index (χ0n) is 16.5. The van der Waals surface area contributed by atoms with Gasteiger partial charge in [-0.2, -0.15) is 19.0 Å². The number of aromatic nitrogens is 5. The van der Waals surface area contributed by atoms with Crippen LogP contribution >= 0.6 is 0 Å². The first-order valence-corrected chi connectivity index (χ1v) is 10.4. The lowest BCUT2D eigenvalue weighted by atomic mass is 10.1. The van der Waals surface area contributed by atoms with E-state index in [0.29, 0.717) is 23.6 Å². The van der Waals surface area contributed by atoms with E-state index in [2.05, 4.69) is 15.2 Å². The van der Waals surface area contributed by atoms with Gasteiger partial charge in [0.15, 0.2) is 11.6 Å². The van der Waals surface area contributed by atoms with Crippen molar-refractivity contribution in [1.82, 2.24) is 29.3 Å². The van der Waals surface area contributed by atoms with E-state index in [1.54, 1.807) is 0 Å². The van der Waals surface area contributed by atoms with Crippen molar-refractivity contribution in [3.63, 3.8) is 0 Å². The number of fused-ring (bicyclic) bond motifs is 3. The molecule has 0 radical (unpaired) electrons. The number of carbonyl (C=O) groups excluding carboxylic acids is 1. The number of carbonyl (C=O) groups is 1. The van der Waals surface area contributed by atoms with Crippen molar-refractivity contribution in [2.45, 2.75) is 44.3 Å². The fourth-order valence-corrected chi connectivity index (χ4v) is 4.95. The molecule has 31 heavy (non-hydrogen) atoms. The Morgan fingerprint density at radius 1 is 1.06 bits per heavy atom. The van der Waals surface area contributed by atoms with E-state index in [-0.39, 0.29) is 40.6 Å². The predicted octanol–water partition coefficient (Wildman–Crippen LogP) is 2.72. The Hall–Kier alpha value is -3.11. The van der Waals surface area contributed by atoms with Crippen LogP contribution in [0, 0.1) is 11.7 Å². The van der Waals surface area contributed by atoms with E-state index in [1.165, 1.54) is 23.2 Å². The number of hydrogen-bond donors (Lipinski definition) is 0. The number of hydrogen-bond acceptors (Lipinski definition) is 5. The van der Waals surface area contributed by atoms with Crippen molar-refractivity contribution in [1.29, 1.82) is 0 Å². The summed E-state index contributed by atoms with van der Waals surface area (Å²) in [7, 11) is 0. The highest BCUT2D eigenvalue weighted by Gasteiger charge is 2.47. The lowest BCUT2D eigenvalue weighted by Gasteiger charge is -2.41. The van der Waals surface area contributed by atoms with Crippen LogP contribution in [0.3, 0.4) is 0 Å². The topological polar surface area (TPSA) is 71.6 Å². The second-order valence-corrected chi connectivity index (χ2v) is 8.53. The number of alkyl halides is 2. The molecule has 3 aromatic heterocycles. The fraction of sp³-hybridized carbons (Fsp3) is 0.500. The lowest BCUT2D eigenvalue weighted by Crippen LogP contribution is -2.56. The first kappa shape index (κ1) is 18.6. The standard InChI is InChI=1S/C20H20F3N7O/c21-16-15(12-5-25-29(6-12)20(22)23)9-28-17(16)18(24-10-26-28)27-7-13-3-4-14(8-27)30(13)19(31)11-1-2-11/h5-6,9-11,13-14,20H,1-4,7-8H2. The second kappa shape index (κ2) is 6.69. The van der Waals surface area contributed by atoms with Crippen LogP contribution < -0.4 is 4.90 Å². The van der Waals surface area contributed by atoms with Crippen molar-refractivity contribution >= 4 is 17.2 Å². The molecule has 5 heterocycles. The van der Waals surface area contributed by atoms with Crippen LogP contribution in [0.4, 0.5) is 19.0 Å². The minimum absolute atomic E-state index is 0.101. The summed E-state index contributed by atoms with van der Waals surface area (Å²) in [5.41, 5.74) is 0.581. The van der Waals surface area contributed by atoms with E-state index in [9.17, 15) is 13.6 Å². The number of piperazine rings is 1. The first-order chi connectivity index (χ1) is 15.0. The highest BCUT2D eigenvalue weighted by Crippen LogP contribution is 2.40. The molecule has 162 valence electrons. The van der Waals surface area contributed by atoms with Gasteiger partial charge in [-0.25, -0.2) is 18.6 Å². The average Bonchev–Trinajstić information content (AvgIpc) is 3.31. The van der Waals surface area contributed by atoms with Crippen LogP contribution in [0.5, 0.6) is 0 Å². The third kappa shape index (κ3) is 2.89. The van der Waals surface area contributed by atoms with Gasteiger partial charge < -0.3 is 9.80 Å². The molecule has 0 N–H and O–H groups in total. The van der Waals surface area contributed by atoms with Crippen molar-refractivity contribution < 1.29 is 18.0 Å². The number of amides is 1. The highest BCUT2D eigenvalue weighted by atomic mass is 19.3. The van der Waals surface area contributed by atoms with Gasteiger partial charge in [0.25, 0.3) is 0 Å². The summed E-state index contributed by atoms with van der Waals surface area (Å²) >= 11 is 0. The maximum atomic E-state index is 15.5. The van der Waals surface area contributed by atoms with Crippen molar-refractivity contribution in [2.24, 2.45) is 5.92 Å². The lowest BCUT2D eigenvalue weighted by molar-refractivity contribution is -0.135. The molecule has 11 heteroatoms. The quantitative estimate of drug-likeness (QED) is 0.635. The second-order valence-electron chi connectivity index (χ2n) is 8.53. The van der Waals surface area contributed by atoms with Gasteiger partial charge in [-0.1, -0.05) is 0 Å². The third-order valence-corrected chi connectivity index (χ3v) is 6.57. The number of halogens is 3. The van der Waals surface area contributed by atoms with Gasteiger partial charge in [0.05, 0.1) is 6.20 Å². The van der Waals surface area contributed by atoms with E-state index >= 15 is 4.39 Å². The van der Waals surface area contributed by atoms with E-state index in [1.807, 2.05) is 9.80 Å². The van der Waals surface area contributed by atoms with Gasteiger partial charge >= 0.3 is 6.55 Å². The molecule has 1 aliphatic carbocycles. The molecule has 2 unspecified atom stereocenters.